The third kappa shape index (κ3) is 3.53. The van der Waals surface area contributed by atoms with Crippen LogP contribution >= 0.6 is 0 Å². The minimum atomic E-state index is -0.0346. The van der Waals surface area contributed by atoms with Gasteiger partial charge in [-0.05, 0) is 36.0 Å². The van der Waals surface area contributed by atoms with Crippen LogP contribution in [0.1, 0.15) is 23.1 Å². The van der Waals surface area contributed by atoms with Gasteiger partial charge in [0.25, 0.3) is 0 Å². The molecule has 0 bridgehead atoms. The second-order valence-electron chi connectivity index (χ2n) is 7.46. The van der Waals surface area contributed by atoms with Gasteiger partial charge in [-0.25, -0.2) is 0 Å². The second-order valence-corrected chi connectivity index (χ2v) is 7.46. The van der Waals surface area contributed by atoms with Gasteiger partial charge in [0.2, 0.25) is 5.91 Å². The molecule has 2 N–H and O–H groups in total. The van der Waals surface area contributed by atoms with Gasteiger partial charge in [-0.15, -0.1) is 0 Å². The second kappa shape index (κ2) is 7.60. The smallest absolute Gasteiger partial charge is 0.237 e. The number of hydrogen-bond donors (Lipinski definition) is 2. The molecule has 1 aliphatic heterocycles. The molecule has 1 saturated heterocycles. The van der Waals surface area contributed by atoms with Crippen LogP contribution in [0.4, 0.5) is 0 Å². The Balaban J connectivity index is 1.44. The molecule has 1 amide bonds. The molecule has 4 heteroatoms. The standard InChI is InChI=1S/C22H27N3O/c1-23-22(26)21-13-19(24-14-16-7-3-2-4-8-16)15-25(21)20-11-17-9-5-6-10-18(17)12-20/h2-10,19-21,24H,11-15H2,1H3,(H,23,26)/t19-,21+/m1/s1. The lowest BCUT2D eigenvalue weighted by atomic mass is 10.1. The molecule has 0 saturated carbocycles. The maximum atomic E-state index is 12.5. The van der Waals surface area contributed by atoms with E-state index in [1.165, 1.54) is 16.7 Å². The summed E-state index contributed by atoms with van der Waals surface area (Å²) in [5.74, 6) is 0.143. The molecular weight excluding hydrogens is 322 g/mol. The van der Waals surface area contributed by atoms with E-state index < -0.39 is 0 Å². The molecule has 0 aromatic heterocycles. The van der Waals surface area contributed by atoms with Gasteiger partial charge in [-0.3, -0.25) is 9.69 Å². The van der Waals surface area contributed by atoms with Crippen molar-refractivity contribution in [3.8, 4) is 0 Å². The van der Waals surface area contributed by atoms with E-state index in [0.717, 1.165) is 32.4 Å². The molecular formula is C22H27N3O. The first-order valence-corrected chi connectivity index (χ1v) is 9.56. The summed E-state index contributed by atoms with van der Waals surface area (Å²) in [6.07, 6.45) is 2.98. The number of carbonyl (C=O) groups excluding carboxylic acids is 1. The molecule has 0 radical (unpaired) electrons. The van der Waals surface area contributed by atoms with Gasteiger partial charge < -0.3 is 10.6 Å². The highest BCUT2D eigenvalue weighted by molar-refractivity contribution is 5.82. The summed E-state index contributed by atoms with van der Waals surface area (Å²) < 4.78 is 0. The molecule has 2 aromatic rings. The quantitative estimate of drug-likeness (QED) is 0.869. The molecule has 2 aliphatic rings. The van der Waals surface area contributed by atoms with E-state index in [1.807, 2.05) is 6.07 Å². The molecule has 1 aliphatic carbocycles. The lowest BCUT2D eigenvalue weighted by Gasteiger charge is -2.29. The van der Waals surface area contributed by atoms with Crippen LogP contribution in [-0.4, -0.2) is 42.5 Å². The van der Waals surface area contributed by atoms with Crippen molar-refractivity contribution in [2.24, 2.45) is 0 Å². The van der Waals surface area contributed by atoms with Crippen molar-refractivity contribution in [2.75, 3.05) is 13.6 Å². The van der Waals surface area contributed by atoms with Crippen LogP contribution in [0.5, 0.6) is 0 Å². The SMILES string of the molecule is CNC(=O)[C@@H]1C[C@@H](NCc2ccccc2)CN1C1Cc2ccccc2C1. The predicted molar refractivity (Wildman–Crippen MR) is 104 cm³/mol. The highest BCUT2D eigenvalue weighted by atomic mass is 16.2. The lowest BCUT2D eigenvalue weighted by molar-refractivity contribution is -0.125. The summed E-state index contributed by atoms with van der Waals surface area (Å²) in [4.78, 5) is 14.9. The molecule has 4 nitrogen and oxygen atoms in total. The summed E-state index contributed by atoms with van der Waals surface area (Å²) >= 11 is 0. The monoisotopic (exact) mass is 349 g/mol. The summed E-state index contributed by atoms with van der Waals surface area (Å²) in [5, 5.41) is 6.53. The van der Waals surface area contributed by atoms with Crippen LogP contribution in [0.15, 0.2) is 54.6 Å². The first kappa shape index (κ1) is 17.3. The van der Waals surface area contributed by atoms with Crippen LogP contribution in [0.3, 0.4) is 0 Å². The Bertz CT molecular complexity index is 736. The molecule has 1 heterocycles. The number of carbonyl (C=O) groups is 1. The number of nitrogens with zero attached hydrogens (tertiary/aromatic N) is 1. The third-order valence-electron chi connectivity index (χ3n) is 5.82. The summed E-state index contributed by atoms with van der Waals surface area (Å²) in [7, 11) is 1.74. The number of likely N-dealkylation sites (N-methyl/N-ethyl adjacent to an activating group) is 1. The fraction of sp³-hybridized carbons (Fsp3) is 0.409. The maximum Gasteiger partial charge on any atom is 0.237 e. The van der Waals surface area contributed by atoms with Gasteiger partial charge in [-0.1, -0.05) is 54.6 Å². The topological polar surface area (TPSA) is 44.4 Å². The Morgan fingerprint density at radius 1 is 1.04 bits per heavy atom. The van der Waals surface area contributed by atoms with Crippen LogP contribution in [0.25, 0.3) is 0 Å². The molecule has 1 fully saturated rings. The first-order valence-electron chi connectivity index (χ1n) is 9.56. The Morgan fingerprint density at radius 2 is 1.69 bits per heavy atom. The highest BCUT2D eigenvalue weighted by Crippen LogP contribution is 2.30. The number of hydrogen-bond acceptors (Lipinski definition) is 3. The fourth-order valence-corrected chi connectivity index (χ4v) is 4.47. The Hall–Kier alpha value is -2.17. The minimum absolute atomic E-state index is 0.0346. The van der Waals surface area contributed by atoms with Gasteiger partial charge in [0.05, 0.1) is 6.04 Å². The third-order valence-corrected chi connectivity index (χ3v) is 5.82. The number of fused-ring (bicyclic) bond motifs is 1. The normalized spacial score (nSPS) is 23.1. The molecule has 2 aromatic carbocycles. The van der Waals surface area contributed by atoms with Crippen molar-refractivity contribution in [1.29, 1.82) is 0 Å². The number of benzene rings is 2. The zero-order valence-electron chi connectivity index (χ0n) is 15.3. The molecule has 0 unspecified atom stereocenters. The van der Waals surface area contributed by atoms with Crippen molar-refractivity contribution in [2.45, 2.75) is 43.9 Å². The summed E-state index contributed by atoms with van der Waals surface area (Å²) in [5.41, 5.74) is 4.17. The number of likely N-dealkylation sites (tertiary alicyclic amines) is 1. The Kier molecular flexibility index (Phi) is 5.05. The van der Waals surface area contributed by atoms with Gasteiger partial charge in [0, 0.05) is 32.2 Å². The molecule has 4 rings (SSSR count). The van der Waals surface area contributed by atoms with E-state index in [9.17, 15) is 4.79 Å². The van der Waals surface area contributed by atoms with Crippen molar-refractivity contribution < 1.29 is 4.79 Å². The zero-order chi connectivity index (χ0) is 17.9. The number of nitrogens with one attached hydrogen (secondary N) is 2. The van der Waals surface area contributed by atoms with E-state index in [1.54, 1.807) is 7.05 Å². The van der Waals surface area contributed by atoms with E-state index in [4.69, 9.17) is 0 Å². The minimum Gasteiger partial charge on any atom is -0.358 e. The van der Waals surface area contributed by atoms with Crippen LogP contribution in [0, 0.1) is 0 Å². The number of amides is 1. The average molecular weight is 349 g/mol. The summed E-state index contributed by atoms with van der Waals surface area (Å²) in [6, 6.07) is 19.9. The molecule has 26 heavy (non-hydrogen) atoms. The summed E-state index contributed by atoms with van der Waals surface area (Å²) in [6.45, 7) is 1.79. The van der Waals surface area contributed by atoms with Crippen molar-refractivity contribution >= 4 is 5.91 Å². The van der Waals surface area contributed by atoms with E-state index in [2.05, 4.69) is 64.1 Å². The Labute approximate surface area is 155 Å². The van der Waals surface area contributed by atoms with Crippen molar-refractivity contribution in [3.05, 3.63) is 71.3 Å². The largest absolute Gasteiger partial charge is 0.358 e. The zero-order valence-corrected chi connectivity index (χ0v) is 15.3. The van der Waals surface area contributed by atoms with Crippen LogP contribution in [-0.2, 0) is 24.2 Å². The first-order chi connectivity index (χ1) is 12.7. The molecule has 2 atom stereocenters. The lowest BCUT2D eigenvalue weighted by Crippen LogP contribution is -2.47. The van der Waals surface area contributed by atoms with Gasteiger partial charge in [0.1, 0.15) is 0 Å². The van der Waals surface area contributed by atoms with E-state index in [0.29, 0.717) is 12.1 Å². The van der Waals surface area contributed by atoms with Crippen molar-refractivity contribution in [3.63, 3.8) is 0 Å². The fourth-order valence-electron chi connectivity index (χ4n) is 4.47. The van der Waals surface area contributed by atoms with Gasteiger partial charge >= 0.3 is 0 Å². The molecule has 136 valence electrons. The van der Waals surface area contributed by atoms with Crippen LogP contribution < -0.4 is 10.6 Å². The van der Waals surface area contributed by atoms with Gasteiger partial charge in [0.15, 0.2) is 0 Å². The van der Waals surface area contributed by atoms with Crippen LogP contribution in [0.2, 0.25) is 0 Å². The average Bonchev–Trinajstić information content (AvgIpc) is 3.30. The van der Waals surface area contributed by atoms with Gasteiger partial charge in [-0.2, -0.15) is 0 Å². The van der Waals surface area contributed by atoms with E-state index >= 15 is 0 Å². The maximum absolute atomic E-state index is 12.5. The highest BCUT2D eigenvalue weighted by Gasteiger charge is 2.41. The van der Waals surface area contributed by atoms with E-state index in [-0.39, 0.29) is 11.9 Å². The van der Waals surface area contributed by atoms with Crippen molar-refractivity contribution in [1.82, 2.24) is 15.5 Å². The molecule has 0 spiro atoms. The predicted octanol–water partition coefficient (Wildman–Crippen LogP) is 2.13. The number of rotatable bonds is 5. The Morgan fingerprint density at radius 3 is 2.35 bits per heavy atom.